The highest BCUT2D eigenvalue weighted by atomic mass is 32.1. The molecule has 3 nitrogen and oxygen atoms in total. The molecule has 4 heteroatoms. The Kier molecular flexibility index (Phi) is 2.21. The zero-order valence-electron chi connectivity index (χ0n) is 7.00. The smallest absolute Gasteiger partial charge is 0.345 e. The third-order valence-electron chi connectivity index (χ3n) is 1.55. The van der Waals surface area contributed by atoms with Crippen LogP contribution >= 0.6 is 11.3 Å². The molecule has 0 unspecified atom stereocenters. The van der Waals surface area contributed by atoms with Gasteiger partial charge in [0.25, 0.3) is 0 Å². The predicted octanol–water partition coefficient (Wildman–Crippen LogP) is 1.64. The zero-order valence-corrected chi connectivity index (χ0v) is 7.81. The molecule has 0 spiro atoms. The summed E-state index contributed by atoms with van der Waals surface area (Å²) < 4.78 is 0. The van der Waals surface area contributed by atoms with Crippen LogP contribution in [0.25, 0.3) is 0 Å². The van der Waals surface area contributed by atoms with Gasteiger partial charge >= 0.3 is 5.97 Å². The number of carboxylic acids is 1. The molecule has 66 valence electrons. The first kappa shape index (κ1) is 9.22. The Labute approximate surface area is 74.8 Å². The summed E-state index contributed by atoms with van der Waals surface area (Å²) in [5.41, 5.74) is 6.20. The van der Waals surface area contributed by atoms with Crippen LogP contribution in [0.3, 0.4) is 0 Å². The highest BCUT2D eigenvalue weighted by Gasteiger charge is 2.17. The van der Waals surface area contributed by atoms with E-state index in [1.54, 1.807) is 11.4 Å². The van der Waals surface area contributed by atoms with Gasteiger partial charge in [0.15, 0.2) is 0 Å². The number of aromatic carboxylic acids is 1. The lowest BCUT2D eigenvalue weighted by molar-refractivity contribution is 0.0702. The van der Waals surface area contributed by atoms with E-state index in [1.165, 1.54) is 11.3 Å². The molecule has 0 aliphatic heterocycles. The van der Waals surface area contributed by atoms with E-state index in [9.17, 15) is 4.79 Å². The molecule has 1 rings (SSSR count). The minimum Gasteiger partial charge on any atom is -0.477 e. The average molecular weight is 185 g/mol. The number of nitrogens with two attached hydrogens (primary N) is 1. The molecule has 0 aliphatic carbocycles. The fourth-order valence-corrected chi connectivity index (χ4v) is 1.71. The monoisotopic (exact) mass is 185 g/mol. The van der Waals surface area contributed by atoms with Crippen LogP contribution in [0.5, 0.6) is 0 Å². The molecular formula is C8H11NO2S. The van der Waals surface area contributed by atoms with E-state index in [1.807, 2.05) is 13.8 Å². The number of carbonyl (C=O) groups is 1. The van der Waals surface area contributed by atoms with E-state index in [0.29, 0.717) is 4.88 Å². The Balaban J connectivity index is 3.00. The molecule has 0 bridgehead atoms. The van der Waals surface area contributed by atoms with E-state index in [4.69, 9.17) is 10.8 Å². The topological polar surface area (TPSA) is 63.3 Å². The lowest BCUT2D eigenvalue weighted by Gasteiger charge is -2.15. The molecule has 1 aromatic heterocycles. The minimum absolute atomic E-state index is 0.337. The van der Waals surface area contributed by atoms with Crippen LogP contribution in [0.4, 0.5) is 0 Å². The fourth-order valence-electron chi connectivity index (χ4n) is 0.786. The van der Waals surface area contributed by atoms with Gasteiger partial charge in [-0.05, 0) is 30.9 Å². The van der Waals surface area contributed by atoms with Crippen LogP contribution in [0.2, 0.25) is 0 Å². The van der Waals surface area contributed by atoms with Crippen molar-refractivity contribution in [2.45, 2.75) is 19.4 Å². The molecule has 0 fully saturated rings. The van der Waals surface area contributed by atoms with Crippen molar-refractivity contribution in [2.75, 3.05) is 0 Å². The van der Waals surface area contributed by atoms with Gasteiger partial charge in [-0.2, -0.15) is 0 Å². The third kappa shape index (κ3) is 1.84. The third-order valence-corrected chi connectivity index (χ3v) is 2.47. The van der Waals surface area contributed by atoms with E-state index >= 15 is 0 Å². The molecule has 0 atom stereocenters. The number of thiophene rings is 1. The van der Waals surface area contributed by atoms with E-state index in [0.717, 1.165) is 5.56 Å². The first-order valence-corrected chi connectivity index (χ1v) is 4.40. The second kappa shape index (κ2) is 2.88. The first-order valence-electron chi connectivity index (χ1n) is 3.52. The van der Waals surface area contributed by atoms with E-state index in [2.05, 4.69) is 0 Å². The molecule has 0 radical (unpaired) electrons. The van der Waals surface area contributed by atoms with Gasteiger partial charge in [0, 0.05) is 5.54 Å². The molecule has 1 heterocycles. The summed E-state index contributed by atoms with van der Waals surface area (Å²) in [5.74, 6) is -0.893. The van der Waals surface area contributed by atoms with Crippen LogP contribution < -0.4 is 5.73 Å². The molecule has 0 saturated heterocycles. The molecule has 0 amide bonds. The molecule has 3 N–H and O–H groups in total. The standard InChI is InChI=1S/C8H11NO2S/c1-8(2,9)5-3-6(7(10)11)12-4-5/h3-4H,9H2,1-2H3,(H,10,11). The molecule has 1 aromatic rings. The summed E-state index contributed by atoms with van der Waals surface area (Å²) in [6.07, 6.45) is 0. The Morgan fingerprint density at radius 1 is 1.67 bits per heavy atom. The lowest BCUT2D eigenvalue weighted by atomic mass is 9.99. The number of rotatable bonds is 2. The van der Waals surface area contributed by atoms with Gasteiger partial charge in [0.1, 0.15) is 4.88 Å². The van der Waals surface area contributed by atoms with Gasteiger partial charge in [0.05, 0.1) is 0 Å². The normalized spacial score (nSPS) is 11.6. The SMILES string of the molecule is CC(C)(N)c1csc(C(=O)O)c1. The van der Waals surface area contributed by atoms with Crippen molar-refractivity contribution in [3.05, 3.63) is 21.9 Å². The largest absolute Gasteiger partial charge is 0.477 e. The van der Waals surface area contributed by atoms with Crippen LogP contribution in [0.15, 0.2) is 11.4 Å². The van der Waals surface area contributed by atoms with Gasteiger partial charge in [0.2, 0.25) is 0 Å². The van der Waals surface area contributed by atoms with Crippen molar-refractivity contribution in [3.8, 4) is 0 Å². The summed E-state index contributed by atoms with van der Waals surface area (Å²) in [5, 5.41) is 10.4. The summed E-state index contributed by atoms with van der Waals surface area (Å²) in [6.45, 7) is 3.70. The maximum Gasteiger partial charge on any atom is 0.345 e. The Hall–Kier alpha value is -0.870. The predicted molar refractivity (Wildman–Crippen MR) is 48.5 cm³/mol. The summed E-state index contributed by atoms with van der Waals surface area (Å²) >= 11 is 1.20. The molecule has 12 heavy (non-hydrogen) atoms. The molecule has 0 aliphatic rings. The van der Waals surface area contributed by atoms with E-state index in [-0.39, 0.29) is 0 Å². The lowest BCUT2D eigenvalue weighted by Crippen LogP contribution is -2.27. The first-order chi connectivity index (χ1) is 5.41. The average Bonchev–Trinajstić information content (AvgIpc) is 2.30. The molecule has 0 aromatic carbocycles. The maximum atomic E-state index is 10.5. The van der Waals surface area contributed by atoms with Crippen molar-refractivity contribution in [1.29, 1.82) is 0 Å². The Bertz CT molecular complexity index is 298. The van der Waals surface area contributed by atoms with Crippen molar-refractivity contribution in [1.82, 2.24) is 0 Å². The van der Waals surface area contributed by atoms with Crippen LogP contribution in [-0.4, -0.2) is 11.1 Å². The van der Waals surface area contributed by atoms with Crippen molar-refractivity contribution in [3.63, 3.8) is 0 Å². The van der Waals surface area contributed by atoms with Crippen LogP contribution in [0, 0.1) is 0 Å². The molecular weight excluding hydrogens is 174 g/mol. The van der Waals surface area contributed by atoms with Crippen LogP contribution in [0.1, 0.15) is 29.1 Å². The maximum absolute atomic E-state index is 10.5. The second-order valence-electron chi connectivity index (χ2n) is 3.23. The molecule has 0 saturated carbocycles. The van der Waals surface area contributed by atoms with Gasteiger partial charge in [-0.3, -0.25) is 0 Å². The highest BCUT2D eigenvalue weighted by Crippen LogP contribution is 2.23. The van der Waals surface area contributed by atoms with Crippen LogP contribution in [-0.2, 0) is 5.54 Å². The van der Waals surface area contributed by atoms with Gasteiger partial charge in [-0.15, -0.1) is 11.3 Å². The van der Waals surface area contributed by atoms with Gasteiger partial charge in [-0.25, -0.2) is 4.79 Å². The summed E-state index contributed by atoms with van der Waals surface area (Å²) in [7, 11) is 0. The summed E-state index contributed by atoms with van der Waals surface area (Å²) in [6, 6.07) is 1.62. The quantitative estimate of drug-likeness (QED) is 0.736. The highest BCUT2D eigenvalue weighted by molar-refractivity contribution is 7.12. The van der Waals surface area contributed by atoms with E-state index < -0.39 is 11.5 Å². The van der Waals surface area contributed by atoms with Crippen molar-refractivity contribution in [2.24, 2.45) is 5.73 Å². The Morgan fingerprint density at radius 2 is 2.25 bits per heavy atom. The number of hydrogen-bond donors (Lipinski definition) is 2. The van der Waals surface area contributed by atoms with Gasteiger partial charge < -0.3 is 10.8 Å². The number of hydrogen-bond acceptors (Lipinski definition) is 3. The number of carboxylic acid groups (broad SMARTS) is 1. The van der Waals surface area contributed by atoms with Gasteiger partial charge in [-0.1, -0.05) is 0 Å². The van der Waals surface area contributed by atoms with Crippen molar-refractivity contribution < 1.29 is 9.90 Å². The fraction of sp³-hybridized carbons (Fsp3) is 0.375. The van der Waals surface area contributed by atoms with Crippen molar-refractivity contribution >= 4 is 17.3 Å². The zero-order chi connectivity index (χ0) is 9.35. The Morgan fingerprint density at radius 3 is 2.50 bits per heavy atom. The second-order valence-corrected chi connectivity index (χ2v) is 4.14. The summed E-state index contributed by atoms with van der Waals surface area (Å²) in [4.78, 5) is 10.8. The minimum atomic E-state index is -0.893.